The largest absolute Gasteiger partial charge is 0.449 e. The molecular formula is C12H28F6N6OP+. The van der Waals surface area contributed by atoms with Gasteiger partial charge in [-0.3, -0.25) is 28.2 Å². The van der Waals surface area contributed by atoms with Gasteiger partial charge < -0.3 is 0 Å². The van der Waals surface area contributed by atoms with Crippen LogP contribution in [0.4, 0.5) is 28.2 Å². The smallest absolute Gasteiger partial charge is 0.269 e. The Morgan fingerprint density at radius 1 is 0.769 bits per heavy atom. The number of hydrogen-bond acceptors (Lipinski definition) is 6. The number of rotatable bonds is 5. The van der Waals surface area contributed by atoms with Gasteiger partial charge in [-0.05, 0) is 22.2 Å². The second-order valence-electron chi connectivity index (χ2n) is 5.09. The molecule has 7 nitrogen and oxygen atoms in total. The van der Waals surface area contributed by atoms with Gasteiger partial charge in [-0.15, -0.1) is 19.1 Å². The molecule has 0 radical (unpaired) electrons. The lowest BCUT2D eigenvalue weighted by Gasteiger charge is -2.35. The summed E-state index contributed by atoms with van der Waals surface area (Å²) < 4.78 is 12.5. The Hall–Kier alpha value is -1.69. The molecule has 1 aromatic heterocycles. The van der Waals surface area contributed by atoms with Crippen molar-refractivity contribution in [1.29, 1.82) is 0 Å². The lowest BCUT2D eigenvalue weighted by atomic mass is 10.3. The van der Waals surface area contributed by atoms with Crippen molar-refractivity contribution in [3.8, 4) is 0 Å². The SMILES string of the molecule is CN(C)[P+](On1nnc2ccccc21)(N(C)C)N(C)C.F.F.F.F.F.F. The Morgan fingerprint density at radius 2 is 1.19 bits per heavy atom. The summed E-state index contributed by atoms with van der Waals surface area (Å²) >= 11 is 0. The van der Waals surface area contributed by atoms with Crippen LogP contribution in [-0.4, -0.2) is 71.5 Å². The van der Waals surface area contributed by atoms with Crippen LogP contribution in [0.5, 0.6) is 0 Å². The molecule has 14 heteroatoms. The van der Waals surface area contributed by atoms with E-state index in [-0.39, 0.29) is 28.2 Å². The average molecular weight is 417 g/mol. The summed E-state index contributed by atoms with van der Waals surface area (Å²) in [7, 11) is 9.90. The lowest BCUT2D eigenvalue weighted by molar-refractivity contribution is 0.189. The van der Waals surface area contributed by atoms with Crippen LogP contribution in [0.15, 0.2) is 24.3 Å². The molecule has 0 aliphatic carbocycles. The molecule has 158 valence electrons. The Labute approximate surface area is 148 Å². The van der Waals surface area contributed by atoms with Crippen molar-refractivity contribution in [2.45, 2.75) is 0 Å². The first-order valence-electron chi connectivity index (χ1n) is 6.32. The summed E-state index contributed by atoms with van der Waals surface area (Å²) in [6, 6.07) is 7.76. The minimum atomic E-state index is -2.14. The van der Waals surface area contributed by atoms with Crippen LogP contribution >= 0.6 is 7.94 Å². The van der Waals surface area contributed by atoms with Crippen molar-refractivity contribution < 1.29 is 32.9 Å². The van der Waals surface area contributed by atoms with E-state index in [0.717, 1.165) is 11.0 Å². The molecule has 0 amide bonds. The summed E-state index contributed by atoms with van der Waals surface area (Å²) in [5, 5.41) is 8.25. The van der Waals surface area contributed by atoms with E-state index >= 15 is 0 Å². The fourth-order valence-corrected chi connectivity index (χ4v) is 5.22. The first-order chi connectivity index (χ1) is 9.39. The van der Waals surface area contributed by atoms with Gasteiger partial charge in [0.15, 0.2) is 0 Å². The highest BCUT2D eigenvalue weighted by molar-refractivity contribution is 7.64. The minimum Gasteiger partial charge on any atom is -0.269 e. The maximum Gasteiger partial charge on any atom is 0.449 e. The lowest BCUT2D eigenvalue weighted by Crippen LogP contribution is -2.42. The average Bonchev–Trinajstić information content (AvgIpc) is 2.77. The quantitative estimate of drug-likeness (QED) is 0.549. The van der Waals surface area contributed by atoms with Gasteiger partial charge >= 0.3 is 7.94 Å². The van der Waals surface area contributed by atoms with E-state index in [1.807, 2.05) is 66.6 Å². The summed E-state index contributed by atoms with van der Waals surface area (Å²) in [4.78, 5) is 1.52. The van der Waals surface area contributed by atoms with Crippen LogP contribution in [0.1, 0.15) is 0 Å². The monoisotopic (exact) mass is 417 g/mol. The third-order valence-corrected chi connectivity index (χ3v) is 6.57. The van der Waals surface area contributed by atoms with Crippen molar-refractivity contribution in [3.05, 3.63) is 24.3 Å². The van der Waals surface area contributed by atoms with Gasteiger partial charge in [0.1, 0.15) is 11.0 Å². The molecule has 0 aliphatic rings. The van der Waals surface area contributed by atoms with E-state index < -0.39 is 7.94 Å². The molecule has 0 N–H and O–H groups in total. The highest BCUT2D eigenvalue weighted by Crippen LogP contribution is 2.61. The standard InChI is InChI=1S/C12H22N6OP.6FH/c1-15(2)20(16(3)4,17(5)6)19-18-12-10-8-7-9-11(12)13-14-18;;;;;;/h7-10H,1-6H3;6*1H/q+1;;;;;;. The minimum absolute atomic E-state index is 0. The third-order valence-electron chi connectivity index (χ3n) is 3.07. The Morgan fingerprint density at radius 3 is 1.62 bits per heavy atom. The van der Waals surface area contributed by atoms with Crippen LogP contribution in [-0.2, 0) is 0 Å². The maximum absolute atomic E-state index is 6.27. The molecule has 1 heterocycles. The van der Waals surface area contributed by atoms with E-state index in [1.54, 1.807) is 0 Å². The second kappa shape index (κ2) is 13.5. The number of nitrogens with zero attached hydrogens (tertiary/aromatic N) is 6. The van der Waals surface area contributed by atoms with Crippen molar-refractivity contribution >= 4 is 19.0 Å². The first kappa shape index (κ1) is 35.4. The molecule has 2 rings (SSSR count). The van der Waals surface area contributed by atoms with Gasteiger partial charge in [-0.1, -0.05) is 12.1 Å². The van der Waals surface area contributed by atoms with Gasteiger partial charge in [0.25, 0.3) is 0 Å². The summed E-state index contributed by atoms with van der Waals surface area (Å²) in [6.07, 6.45) is 0. The van der Waals surface area contributed by atoms with E-state index in [4.69, 9.17) is 4.62 Å². The predicted octanol–water partition coefficient (Wildman–Crippen LogP) is 2.14. The fourth-order valence-electron chi connectivity index (χ4n) is 2.30. The topological polar surface area (TPSA) is 49.7 Å². The molecule has 0 fully saturated rings. The van der Waals surface area contributed by atoms with Crippen molar-refractivity contribution in [2.24, 2.45) is 0 Å². The molecule has 0 atom stereocenters. The zero-order chi connectivity index (χ0) is 14.9. The molecule has 0 saturated carbocycles. The molecule has 26 heavy (non-hydrogen) atoms. The fraction of sp³-hybridized carbons (Fsp3) is 0.500. The van der Waals surface area contributed by atoms with Gasteiger partial charge in [-0.25, -0.2) is 0 Å². The number of halogens is 6. The van der Waals surface area contributed by atoms with Crippen molar-refractivity contribution in [1.82, 2.24) is 29.2 Å². The molecule has 0 unspecified atom stereocenters. The summed E-state index contributed by atoms with van der Waals surface area (Å²) in [6.45, 7) is 0. The van der Waals surface area contributed by atoms with Crippen molar-refractivity contribution in [3.63, 3.8) is 0 Å². The van der Waals surface area contributed by atoms with E-state index in [2.05, 4.69) is 24.3 Å². The van der Waals surface area contributed by atoms with Crippen LogP contribution in [0.25, 0.3) is 11.0 Å². The van der Waals surface area contributed by atoms with Crippen LogP contribution in [0.2, 0.25) is 0 Å². The molecule has 0 saturated heterocycles. The molecule has 0 bridgehead atoms. The van der Waals surface area contributed by atoms with Crippen molar-refractivity contribution in [2.75, 3.05) is 42.3 Å². The Bertz CT molecular complexity index is 581. The number of aromatic nitrogens is 3. The Balaban J connectivity index is -0.000000245. The maximum atomic E-state index is 6.27. The van der Waals surface area contributed by atoms with Gasteiger partial charge in [0.05, 0.1) is 0 Å². The van der Waals surface area contributed by atoms with Gasteiger partial charge in [-0.2, -0.15) is 4.62 Å². The molecule has 0 spiro atoms. The second-order valence-corrected chi connectivity index (χ2v) is 8.68. The number of hydrogen-bond donors (Lipinski definition) is 0. The zero-order valence-electron chi connectivity index (χ0n) is 15.3. The van der Waals surface area contributed by atoms with E-state index in [0.29, 0.717) is 0 Å². The van der Waals surface area contributed by atoms with Gasteiger partial charge in [0.2, 0.25) is 0 Å². The Kier molecular flexibility index (Phi) is 18.4. The van der Waals surface area contributed by atoms with Crippen LogP contribution < -0.4 is 4.62 Å². The summed E-state index contributed by atoms with van der Waals surface area (Å²) in [5.74, 6) is 0. The third kappa shape index (κ3) is 5.94. The predicted molar refractivity (Wildman–Crippen MR) is 97.1 cm³/mol. The summed E-state index contributed by atoms with van der Waals surface area (Å²) in [5.41, 5.74) is 1.68. The number of benzene rings is 1. The molecular weight excluding hydrogens is 389 g/mol. The van der Waals surface area contributed by atoms with Gasteiger partial charge in [0, 0.05) is 42.3 Å². The van der Waals surface area contributed by atoms with Crippen LogP contribution in [0.3, 0.4) is 0 Å². The number of para-hydroxylation sites is 1. The highest BCUT2D eigenvalue weighted by Gasteiger charge is 2.54. The molecule has 1 aromatic carbocycles. The zero-order valence-corrected chi connectivity index (χ0v) is 16.2. The van der Waals surface area contributed by atoms with Crippen LogP contribution in [0, 0.1) is 0 Å². The highest BCUT2D eigenvalue weighted by atomic mass is 31.2. The molecule has 0 aliphatic heterocycles. The first-order valence-corrected chi connectivity index (χ1v) is 7.89. The van der Waals surface area contributed by atoms with E-state index in [9.17, 15) is 0 Å². The normalized spacial score (nSPS) is 9.88. The number of fused-ring (bicyclic) bond motifs is 1. The van der Waals surface area contributed by atoms with E-state index in [1.165, 1.54) is 4.85 Å². The molecule has 2 aromatic rings.